The maximum absolute atomic E-state index is 14.1. The Morgan fingerprint density at radius 1 is 0.397 bits per heavy atom. The van der Waals surface area contributed by atoms with Crippen molar-refractivity contribution >= 4 is 21.8 Å². The van der Waals surface area contributed by atoms with Gasteiger partial charge in [0.2, 0.25) is 0 Å². The van der Waals surface area contributed by atoms with Crippen molar-refractivity contribution in [1.82, 2.24) is 19.5 Å². The number of hydrogen-bond acceptors (Lipinski definition) is 5. The summed E-state index contributed by atoms with van der Waals surface area (Å²) in [6.07, 6.45) is -4.54. The Bertz CT molecular complexity index is 3300. The van der Waals surface area contributed by atoms with Crippen LogP contribution in [0.15, 0.2) is 188 Å². The van der Waals surface area contributed by atoms with E-state index in [4.69, 9.17) is 15.0 Å². The summed E-state index contributed by atoms with van der Waals surface area (Å²) in [5.74, 6) is 1.27. The van der Waals surface area contributed by atoms with Crippen LogP contribution in [0.5, 0.6) is 0 Å². The second kappa shape index (κ2) is 15.7. The maximum Gasteiger partial charge on any atom is 0.416 e. The fourth-order valence-corrected chi connectivity index (χ4v) is 8.17. The number of hydrogen-bond donors (Lipinski definition) is 0. The van der Waals surface area contributed by atoms with Crippen molar-refractivity contribution in [1.29, 1.82) is 10.5 Å². The molecule has 0 N–H and O–H groups in total. The van der Waals surface area contributed by atoms with Crippen LogP contribution in [0.3, 0.4) is 0 Å². The summed E-state index contributed by atoms with van der Waals surface area (Å²) in [5.41, 5.74) is 8.81. The number of rotatable bonds is 7. The fraction of sp³-hybridized carbons (Fsp3) is 0.0185. The molecule has 2 aromatic heterocycles. The molecule has 0 unspecified atom stereocenters. The van der Waals surface area contributed by atoms with Crippen molar-refractivity contribution in [3.63, 3.8) is 0 Å². The van der Waals surface area contributed by atoms with E-state index in [1.165, 1.54) is 6.07 Å². The molecule has 298 valence electrons. The van der Waals surface area contributed by atoms with E-state index in [1.807, 2.05) is 133 Å². The molecule has 10 rings (SSSR count). The van der Waals surface area contributed by atoms with Crippen LogP contribution in [-0.4, -0.2) is 19.5 Å². The first kappa shape index (κ1) is 38.5. The number of nitrogens with zero attached hydrogens (tertiary/aromatic N) is 6. The molecule has 0 saturated heterocycles. The van der Waals surface area contributed by atoms with Gasteiger partial charge in [0.15, 0.2) is 17.5 Å². The third kappa shape index (κ3) is 7.14. The minimum Gasteiger partial charge on any atom is -0.308 e. The maximum atomic E-state index is 14.1. The van der Waals surface area contributed by atoms with E-state index in [0.717, 1.165) is 67.3 Å². The summed E-state index contributed by atoms with van der Waals surface area (Å²) < 4.78 is 44.4. The van der Waals surface area contributed by atoms with E-state index in [1.54, 1.807) is 24.3 Å². The van der Waals surface area contributed by atoms with Crippen molar-refractivity contribution in [3.05, 3.63) is 205 Å². The lowest BCUT2D eigenvalue weighted by Gasteiger charge is -2.17. The average molecular weight is 821 g/mol. The van der Waals surface area contributed by atoms with Crippen molar-refractivity contribution in [2.45, 2.75) is 6.18 Å². The molecule has 9 heteroatoms. The molecule has 8 aromatic carbocycles. The van der Waals surface area contributed by atoms with E-state index in [-0.39, 0.29) is 0 Å². The van der Waals surface area contributed by atoms with Crippen molar-refractivity contribution in [3.8, 4) is 85.4 Å². The number of benzene rings is 8. The van der Waals surface area contributed by atoms with Gasteiger partial charge in [0.25, 0.3) is 0 Å². The zero-order chi connectivity index (χ0) is 43.1. The normalized spacial score (nSPS) is 11.4. The third-order valence-electron chi connectivity index (χ3n) is 11.2. The van der Waals surface area contributed by atoms with Crippen LogP contribution in [0.2, 0.25) is 0 Å². The van der Waals surface area contributed by atoms with Crippen molar-refractivity contribution < 1.29 is 13.2 Å². The van der Waals surface area contributed by atoms with E-state index in [9.17, 15) is 23.7 Å². The van der Waals surface area contributed by atoms with Gasteiger partial charge >= 0.3 is 6.18 Å². The van der Waals surface area contributed by atoms with Crippen LogP contribution in [0, 0.1) is 22.7 Å². The Kier molecular flexibility index (Phi) is 9.63. The fourth-order valence-electron chi connectivity index (χ4n) is 8.17. The average Bonchev–Trinajstić information content (AvgIpc) is 3.66. The molecular weight excluding hydrogens is 790 g/mol. The highest BCUT2D eigenvalue weighted by molar-refractivity contribution is 6.12. The van der Waals surface area contributed by atoms with Gasteiger partial charge in [-0.2, -0.15) is 23.7 Å². The van der Waals surface area contributed by atoms with Crippen LogP contribution in [0.1, 0.15) is 16.7 Å². The Morgan fingerprint density at radius 3 is 1.38 bits per heavy atom. The second-order valence-corrected chi connectivity index (χ2v) is 15.0. The third-order valence-corrected chi connectivity index (χ3v) is 11.2. The lowest BCUT2D eigenvalue weighted by Crippen LogP contribution is -2.05. The molecule has 0 radical (unpaired) electrons. The van der Waals surface area contributed by atoms with E-state index < -0.39 is 11.7 Å². The molecule has 0 bridgehead atoms. The predicted octanol–water partition coefficient (Wildman–Crippen LogP) is 13.7. The predicted molar refractivity (Wildman–Crippen MR) is 241 cm³/mol. The van der Waals surface area contributed by atoms with Crippen molar-refractivity contribution in [2.75, 3.05) is 0 Å². The standard InChI is InChI=1S/C54H31F3N6/c55-54(56,57)42-19-11-18-36(28-42)37-22-25-45(53-61-51(34-12-3-1-4-13-34)60-52(62-53)35-14-5-2-6-15-35)50(31-37)63-48-26-23-38(43-20-9-7-16-40(43)32-58)29-46(48)47-30-39(24-27-49(47)63)44-21-10-8-17-41(44)33-59/h1-31H. The van der Waals surface area contributed by atoms with Gasteiger partial charge < -0.3 is 4.57 Å². The second-order valence-electron chi connectivity index (χ2n) is 15.0. The first-order valence-corrected chi connectivity index (χ1v) is 20.0. The molecule has 0 aliphatic carbocycles. The van der Waals surface area contributed by atoms with Crippen LogP contribution in [-0.2, 0) is 6.18 Å². The summed E-state index contributed by atoms with van der Waals surface area (Å²) in [7, 11) is 0. The van der Waals surface area contributed by atoms with Crippen LogP contribution in [0.25, 0.3) is 95.0 Å². The molecular formula is C54H31F3N6. The molecule has 0 aliphatic rings. The Labute approximate surface area is 360 Å². The monoisotopic (exact) mass is 820 g/mol. The quantitative estimate of drug-likeness (QED) is 0.160. The van der Waals surface area contributed by atoms with Crippen molar-refractivity contribution in [2.24, 2.45) is 0 Å². The highest BCUT2D eigenvalue weighted by atomic mass is 19.4. The van der Waals surface area contributed by atoms with Gasteiger partial charge in [-0.15, -0.1) is 0 Å². The van der Waals surface area contributed by atoms with E-state index in [0.29, 0.717) is 51.0 Å². The summed E-state index contributed by atoms with van der Waals surface area (Å²) in [6.45, 7) is 0. The van der Waals surface area contributed by atoms with Gasteiger partial charge in [0.05, 0.1) is 45.5 Å². The Balaban J connectivity index is 1.30. The molecule has 63 heavy (non-hydrogen) atoms. The first-order valence-electron chi connectivity index (χ1n) is 20.0. The van der Waals surface area contributed by atoms with Gasteiger partial charge in [-0.25, -0.2) is 15.0 Å². The highest BCUT2D eigenvalue weighted by Gasteiger charge is 2.31. The zero-order valence-corrected chi connectivity index (χ0v) is 33.2. The minimum absolute atomic E-state index is 0.363. The Morgan fingerprint density at radius 2 is 0.857 bits per heavy atom. The van der Waals surface area contributed by atoms with Gasteiger partial charge in [-0.3, -0.25) is 0 Å². The molecule has 10 aromatic rings. The topological polar surface area (TPSA) is 91.2 Å². The lowest BCUT2D eigenvalue weighted by molar-refractivity contribution is -0.137. The molecule has 0 spiro atoms. The van der Waals surface area contributed by atoms with Gasteiger partial charge in [-0.1, -0.05) is 127 Å². The Hall–Kier alpha value is -8.66. The number of nitriles is 2. The molecule has 2 heterocycles. The summed E-state index contributed by atoms with van der Waals surface area (Å²) in [6, 6.07) is 61.7. The first-order chi connectivity index (χ1) is 30.8. The summed E-state index contributed by atoms with van der Waals surface area (Å²) >= 11 is 0. The number of alkyl halides is 3. The molecule has 6 nitrogen and oxygen atoms in total. The SMILES string of the molecule is N#Cc1ccccc1-c1ccc2c(c1)c1cc(-c3ccccc3C#N)ccc1n2-c1cc(-c2cccc(C(F)(F)F)c2)ccc1-c1nc(-c2ccccc2)nc(-c2ccccc2)n1. The number of aromatic nitrogens is 4. The van der Waals surface area contributed by atoms with Crippen LogP contribution < -0.4 is 0 Å². The van der Waals surface area contributed by atoms with Crippen LogP contribution in [0.4, 0.5) is 13.2 Å². The molecule has 0 fully saturated rings. The van der Waals surface area contributed by atoms with Gasteiger partial charge in [0.1, 0.15) is 0 Å². The number of halogens is 3. The highest BCUT2D eigenvalue weighted by Crippen LogP contribution is 2.42. The molecule has 0 amide bonds. The van der Waals surface area contributed by atoms with Crippen LogP contribution >= 0.6 is 0 Å². The molecule has 0 saturated carbocycles. The smallest absolute Gasteiger partial charge is 0.308 e. The van der Waals surface area contributed by atoms with Gasteiger partial charge in [-0.05, 0) is 94.0 Å². The molecule has 0 aliphatic heterocycles. The summed E-state index contributed by atoms with van der Waals surface area (Å²) in [5, 5.41) is 21.9. The van der Waals surface area contributed by atoms with E-state index in [2.05, 4.69) is 28.8 Å². The van der Waals surface area contributed by atoms with E-state index >= 15 is 0 Å². The number of fused-ring (bicyclic) bond motifs is 3. The largest absolute Gasteiger partial charge is 0.416 e. The summed E-state index contributed by atoms with van der Waals surface area (Å²) in [4.78, 5) is 15.1. The minimum atomic E-state index is -4.54. The zero-order valence-electron chi connectivity index (χ0n) is 33.2. The lowest BCUT2D eigenvalue weighted by atomic mass is 9.96. The molecule has 0 atom stereocenters. The van der Waals surface area contributed by atoms with Gasteiger partial charge in [0, 0.05) is 27.5 Å².